The fraction of sp³-hybridized carbons (Fsp3) is 0.500. The van der Waals surface area contributed by atoms with Gasteiger partial charge < -0.3 is 41.2 Å². The van der Waals surface area contributed by atoms with E-state index in [1.54, 1.807) is 13.3 Å². The molecule has 7 N–H and O–H groups in total. The fourth-order valence-corrected chi connectivity index (χ4v) is 1.20. The number of amides is 2. The van der Waals surface area contributed by atoms with Crippen LogP contribution in [-0.2, 0) is 16.0 Å². The Morgan fingerprint density at radius 3 is 2.63 bits per heavy atom. The van der Waals surface area contributed by atoms with Crippen LogP contribution in [0.4, 0.5) is 0 Å². The first-order chi connectivity index (χ1) is 8.09. The van der Waals surface area contributed by atoms with E-state index in [1.165, 1.54) is 0 Å². The first-order valence-electron chi connectivity index (χ1n) is 5.50. The zero-order valence-electron chi connectivity index (χ0n) is 10.6. The normalized spacial score (nSPS) is 10.6. The van der Waals surface area contributed by atoms with E-state index in [0.717, 1.165) is 12.1 Å². The second-order valence-electron chi connectivity index (χ2n) is 3.84. The standard InChI is InChI=1S/C10H17N5O2.2ClH/c1-7(11)10(17)14-5-9(16)13-3-2-8-4-12-6-15-8;;/h4,6-7H,2-3,5,11H2,1H3,(H,12,15)(H,13,16)(H,14,17);2*1H/t7-;;/m0../s1. The molecule has 1 atom stereocenters. The van der Waals surface area contributed by atoms with Crippen molar-refractivity contribution >= 4 is 11.8 Å². The summed E-state index contributed by atoms with van der Waals surface area (Å²) in [6.07, 6.45) is 4.26. The molecule has 0 unspecified atom stereocenters. The summed E-state index contributed by atoms with van der Waals surface area (Å²) in [7, 11) is 0. The van der Waals surface area contributed by atoms with Crippen LogP contribution >= 0.6 is 0 Å². The van der Waals surface area contributed by atoms with Crippen molar-refractivity contribution in [3.8, 4) is 0 Å². The highest BCUT2D eigenvalue weighted by Crippen LogP contribution is 1.87. The molecule has 110 valence electrons. The molecule has 2 amide bonds. The lowest BCUT2D eigenvalue weighted by Gasteiger charge is -2.06. The number of aromatic amines is 2. The van der Waals surface area contributed by atoms with Crippen molar-refractivity contribution in [1.29, 1.82) is 0 Å². The lowest BCUT2D eigenvalue weighted by Crippen LogP contribution is -3.00. The molecule has 0 aliphatic heterocycles. The predicted molar refractivity (Wildman–Crippen MR) is 59.4 cm³/mol. The number of halogens is 2. The molecule has 0 saturated carbocycles. The second-order valence-corrected chi connectivity index (χ2v) is 3.84. The van der Waals surface area contributed by atoms with Crippen LogP contribution in [0.2, 0.25) is 0 Å². The molecule has 1 aromatic heterocycles. The van der Waals surface area contributed by atoms with Gasteiger partial charge in [0.1, 0.15) is 11.9 Å². The average molecular weight is 312 g/mol. The lowest BCUT2D eigenvalue weighted by molar-refractivity contribution is -0.398. The molecule has 0 spiro atoms. The topological polar surface area (TPSA) is 116 Å². The van der Waals surface area contributed by atoms with Gasteiger partial charge in [-0.05, 0) is 6.92 Å². The highest BCUT2D eigenvalue weighted by molar-refractivity contribution is 5.86. The SMILES string of the molecule is C[C@H]([NH3+])C(=O)NCC(=O)NCCc1c[nH+]c[nH]1.[Cl-].[Cl-]. The summed E-state index contributed by atoms with van der Waals surface area (Å²) < 4.78 is 0. The third-order valence-electron chi connectivity index (χ3n) is 2.19. The maximum atomic E-state index is 11.3. The van der Waals surface area contributed by atoms with Crippen LogP contribution in [0.15, 0.2) is 12.5 Å². The van der Waals surface area contributed by atoms with Crippen LogP contribution < -0.4 is 46.2 Å². The largest absolute Gasteiger partial charge is 1.00 e. The van der Waals surface area contributed by atoms with Gasteiger partial charge in [0, 0.05) is 13.0 Å². The number of carbonyl (C=O) groups excluding carboxylic acids is 2. The number of quaternary nitrogens is 1. The summed E-state index contributed by atoms with van der Waals surface area (Å²) in [5.41, 5.74) is 4.58. The molecule has 1 heterocycles. The van der Waals surface area contributed by atoms with E-state index in [9.17, 15) is 9.59 Å². The molecule has 0 aliphatic rings. The molecule has 1 aromatic rings. The number of hydrogen-bond donors (Lipinski definition) is 4. The Balaban J connectivity index is 0. The van der Waals surface area contributed by atoms with Gasteiger partial charge in [0.25, 0.3) is 5.91 Å². The maximum Gasteiger partial charge on any atom is 0.278 e. The monoisotopic (exact) mass is 311 g/mol. The zero-order valence-corrected chi connectivity index (χ0v) is 12.1. The van der Waals surface area contributed by atoms with E-state index in [1.807, 2.05) is 6.20 Å². The number of carbonyl (C=O) groups is 2. The van der Waals surface area contributed by atoms with E-state index in [2.05, 4.69) is 26.3 Å². The van der Waals surface area contributed by atoms with Gasteiger partial charge in [0.2, 0.25) is 12.2 Å². The van der Waals surface area contributed by atoms with E-state index in [0.29, 0.717) is 6.54 Å². The van der Waals surface area contributed by atoms with Gasteiger partial charge in [0.05, 0.1) is 6.54 Å². The lowest BCUT2D eigenvalue weighted by atomic mass is 10.3. The quantitative estimate of drug-likeness (QED) is 0.418. The third kappa shape index (κ3) is 8.41. The van der Waals surface area contributed by atoms with E-state index < -0.39 is 0 Å². The Kier molecular flexibility index (Phi) is 11.2. The van der Waals surface area contributed by atoms with Crippen LogP contribution in [0.25, 0.3) is 0 Å². The minimum atomic E-state index is -0.350. The molecule has 9 heteroatoms. The van der Waals surface area contributed by atoms with E-state index >= 15 is 0 Å². The van der Waals surface area contributed by atoms with Crippen molar-refractivity contribution in [3.63, 3.8) is 0 Å². The highest BCUT2D eigenvalue weighted by Gasteiger charge is 2.11. The van der Waals surface area contributed by atoms with Crippen LogP contribution in [-0.4, -0.2) is 35.9 Å². The van der Waals surface area contributed by atoms with Crippen LogP contribution in [0.5, 0.6) is 0 Å². The Bertz CT molecular complexity index is 370. The van der Waals surface area contributed by atoms with Crippen molar-refractivity contribution in [2.75, 3.05) is 13.1 Å². The minimum Gasteiger partial charge on any atom is -1.00 e. The van der Waals surface area contributed by atoms with Crippen LogP contribution in [0.1, 0.15) is 12.6 Å². The van der Waals surface area contributed by atoms with Crippen molar-refractivity contribution in [3.05, 3.63) is 18.2 Å². The minimum absolute atomic E-state index is 0. The molecule has 0 saturated heterocycles. The first kappa shape index (κ1) is 20.0. The Hall–Kier alpha value is -1.31. The Morgan fingerprint density at radius 2 is 2.11 bits per heavy atom. The molecule has 1 rings (SSSR count). The van der Waals surface area contributed by atoms with E-state index in [4.69, 9.17) is 0 Å². The van der Waals surface area contributed by atoms with Crippen molar-refractivity contribution in [2.24, 2.45) is 0 Å². The Morgan fingerprint density at radius 1 is 1.42 bits per heavy atom. The summed E-state index contributed by atoms with van der Waals surface area (Å²) >= 11 is 0. The summed E-state index contributed by atoms with van der Waals surface area (Å²) in [4.78, 5) is 28.4. The maximum absolute atomic E-state index is 11.3. The van der Waals surface area contributed by atoms with Gasteiger partial charge >= 0.3 is 0 Å². The third-order valence-corrected chi connectivity index (χ3v) is 2.19. The molecule has 7 nitrogen and oxygen atoms in total. The highest BCUT2D eigenvalue weighted by atomic mass is 35.5. The molecule has 0 fully saturated rings. The van der Waals surface area contributed by atoms with Crippen molar-refractivity contribution in [2.45, 2.75) is 19.4 Å². The first-order valence-corrected chi connectivity index (χ1v) is 5.50. The molecule has 19 heavy (non-hydrogen) atoms. The molecule has 0 bridgehead atoms. The molecular weight excluding hydrogens is 293 g/mol. The number of aromatic nitrogens is 2. The van der Waals surface area contributed by atoms with Gasteiger partial charge in [-0.3, -0.25) is 14.6 Å². The summed E-state index contributed by atoms with van der Waals surface area (Å²) in [6, 6.07) is -0.350. The fourth-order valence-electron chi connectivity index (χ4n) is 1.20. The number of rotatable bonds is 6. The number of imidazole rings is 1. The summed E-state index contributed by atoms with van der Waals surface area (Å²) in [6.45, 7) is 2.20. The zero-order chi connectivity index (χ0) is 12.7. The van der Waals surface area contributed by atoms with Crippen LogP contribution in [0.3, 0.4) is 0 Å². The van der Waals surface area contributed by atoms with Crippen molar-refractivity contribution < 1.29 is 45.1 Å². The molecule has 0 radical (unpaired) electrons. The summed E-state index contributed by atoms with van der Waals surface area (Å²) in [5, 5.41) is 5.21. The molecule has 0 aromatic carbocycles. The van der Waals surface area contributed by atoms with Gasteiger partial charge in [-0.15, -0.1) is 0 Å². The molecule has 0 aliphatic carbocycles. The second kappa shape index (κ2) is 10.6. The van der Waals surface area contributed by atoms with Gasteiger partial charge in [-0.25, -0.2) is 4.98 Å². The smallest absolute Gasteiger partial charge is 0.278 e. The summed E-state index contributed by atoms with van der Waals surface area (Å²) in [5.74, 6) is -0.423. The number of H-pyrrole nitrogens is 2. The predicted octanol–water partition coefficient (Wildman–Crippen LogP) is -8.76. The number of nitrogens with one attached hydrogen (secondary N) is 4. The van der Waals surface area contributed by atoms with E-state index in [-0.39, 0.29) is 49.2 Å². The number of hydrogen-bond acceptors (Lipinski definition) is 2. The van der Waals surface area contributed by atoms with Crippen LogP contribution in [0, 0.1) is 0 Å². The van der Waals surface area contributed by atoms with Gasteiger partial charge in [0.15, 0.2) is 6.04 Å². The van der Waals surface area contributed by atoms with Crippen molar-refractivity contribution in [1.82, 2.24) is 15.6 Å². The average Bonchev–Trinajstić information content (AvgIpc) is 2.78. The van der Waals surface area contributed by atoms with Gasteiger partial charge in [-0.1, -0.05) is 0 Å². The van der Waals surface area contributed by atoms with Gasteiger partial charge in [-0.2, -0.15) is 0 Å². The molecular formula is C10H19Cl2N5O2. The Labute approximate surface area is 123 Å².